The average molecular weight is 401 g/mol. The molecule has 6 nitrogen and oxygen atoms in total. The zero-order valence-corrected chi connectivity index (χ0v) is 16.6. The van der Waals surface area contributed by atoms with Crippen LogP contribution in [0, 0.1) is 0 Å². The Morgan fingerprint density at radius 1 is 1.00 bits per heavy atom. The Bertz CT molecular complexity index is 1290. The van der Waals surface area contributed by atoms with Gasteiger partial charge in [0, 0.05) is 11.6 Å². The maximum atomic E-state index is 4.90. The molecule has 1 aliphatic heterocycles. The number of rotatable bonds is 3. The first-order valence-corrected chi connectivity index (χ1v) is 10.8. The lowest BCUT2D eigenvalue weighted by Gasteiger charge is -2.23. The second-order valence-electron chi connectivity index (χ2n) is 7.52. The number of aromatic amines is 2. The standard InChI is InChI=1S/C22H20N6S/c1-2-18(29-11-1)21-20-17(7-10-24-21)25-22(26-20)19-15-12-14(3-4-16(15)27-28-19)13-5-8-23-9-6-13/h1-4,7,10-13,23H,5-6,8-9H2,(H,25,26)(H,27,28). The summed E-state index contributed by atoms with van der Waals surface area (Å²) in [7, 11) is 0. The molecular weight excluding hydrogens is 380 g/mol. The summed E-state index contributed by atoms with van der Waals surface area (Å²) in [5.41, 5.74) is 6.06. The minimum Gasteiger partial charge on any atom is -0.336 e. The number of imidazole rings is 1. The Morgan fingerprint density at radius 2 is 1.93 bits per heavy atom. The molecule has 5 heterocycles. The zero-order valence-electron chi connectivity index (χ0n) is 15.8. The Balaban J connectivity index is 1.48. The first-order chi connectivity index (χ1) is 14.4. The summed E-state index contributed by atoms with van der Waals surface area (Å²) >= 11 is 1.67. The molecule has 0 radical (unpaired) electrons. The van der Waals surface area contributed by atoms with Crippen LogP contribution in [0.3, 0.4) is 0 Å². The molecule has 7 heteroatoms. The predicted molar refractivity (Wildman–Crippen MR) is 117 cm³/mol. The van der Waals surface area contributed by atoms with Gasteiger partial charge in [-0.2, -0.15) is 5.10 Å². The Kier molecular flexibility index (Phi) is 3.95. The number of H-pyrrole nitrogens is 2. The third-order valence-electron chi connectivity index (χ3n) is 5.78. The molecule has 1 fully saturated rings. The number of benzene rings is 1. The number of nitrogens with one attached hydrogen (secondary N) is 3. The van der Waals surface area contributed by atoms with Crippen LogP contribution in [0.5, 0.6) is 0 Å². The molecule has 6 rings (SSSR count). The minimum atomic E-state index is 0.605. The predicted octanol–water partition coefficient (Wildman–Crippen LogP) is 4.70. The lowest BCUT2D eigenvalue weighted by molar-refractivity contribution is 0.460. The van der Waals surface area contributed by atoms with Crippen molar-refractivity contribution in [2.75, 3.05) is 13.1 Å². The van der Waals surface area contributed by atoms with Gasteiger partial charge in [0.2, 0.25) is 0 Å². The van der Waals surface area contributed by atoms with Gasteiger partial charge in [-0.25, -0.2) is 4.98 Å². The number of hydrogen-bond donors (Lipinski definition) is 3. The second-order valence-corrected chi connectivity index (χ2v) is 8.47. The van der Waals surface area contributed by atoms with Gasteiger partial charge in [-0.3, -0.25) is 10.1 Å². The SMILES string of the molecule is c1csc(-c2nccc3[nH]c(-c4n[nH]c5ccc(C6CCNCC6)cc45)nc23)c1. The molecule has 1 aromatic carbocycles. The highest BCUT2D eigenvalue weighted by atomic mass is 32.1. The van der Waals surface area contributed by atoms with Crippen molar-refractivity contribution < 1.29 is 0 Å². The highest BCUT2D eigenvalue weighted by molar-refractivity contribution is 7.13. The number of aromatic nitrogens is 5. The van der Waals surface area contributed by atoms with Gasteiger partial charge in [0.25, 0.3) is 0 Å². The first kappa shape index (κ1) is 16.9. The van der Waals surface area contributed by atoms with E-state index in [1.165, 1.54) is 18.4 Å². The van der Waals surface area contributed by atoms with Gasteiger partial charge in [0.1, 0.15) is 16.9 Å². The van der Waals surface area contributed by atoms with Crippen molar-refractivity contribution in [3.8, 4) is 22.1 Å². The minimum absolute atomic E-state index is 0.605. The van der Waals surface area contributed by atoms with E-state index < -0.39 is 0 Å². The number of pyridine rings is 1. The largest absolute Gasteiger partial charge is 0.336 e. The van der Waals surface area contributed by atoms with Gasteiger partial charge in [-0.1, -0.05) is 12.1 Å². The fourth-order valence-corrected chi connectivity index (χ4v) is 4.98. The fraction of sp³-hybridized carbons (Fsp3) is 0.227. The number of hydrogen-bond acceptors (Lipinski definition) is 5. The molecule has 0 atom stereocenters. The molecule has 0 aliphatic carbocycles. The first-order valence-electron chi connectivity index (χ1n) is 9.94. The van der Waals surface area contributed by atoms with Gasteiger partial charge in [-0.05, 0) is 67.1 Å². The highest BCUT2D eigenvalue weighted by Gasteiger charge is 2.19. The van der Waals surface area contributed by atoms with E-state index in [-0.39, 0.29) is 0 Å². The number of piperidine rings is 1. The van der Waals surface area contributed by atoms with Gasteiger partial charge in [0.15, 0.2) is 5.82 Å². The van der Waals surface area contributed by atoms with E-state index in [1.807, 2.05) is 18.3 Å². The Labute approximate surface area is 171 Å². The van der Waals surface area contributed by atoms with E-state index in [0.717, 1.165) is 57.1 Å². The summed E-state index contributed by atoms with van der Waals surface area (Å²) in [6.07, 6.45) is 4.19. The van der Waals surface area contributed by atoms with Crippen LogP contribution >= 0.6 is 11.3 Å². The van der Waals surface area contributed by atoms with Crippen LogP contribution in [0.2, 0.25) is 0 Å². The van der Waals surface area contributed by atoms with Crippen LogP contribution in [0.4, 0.5) is 0 Å². The Hall–Kier alpha value is -3.03. The lowest BCUT2D eigenvalue weighted by Crippen LogP contribution is -2.26. The van der Waals surface area contributed by atoms with Gasteiger partial charge in [-0.15, -0.1) is 11.3 Å². The van der Waals surface area contributed by atoms with E-state index in [0.29, 0.717) is 5.92 Å². The summed E-state index contributed by atoms with van der Waals surface area (Å²) in [4.78, 5) is 14.0. The van der Waals surface area contributed by atoms with Crippen LogP contribution in [-0.4, -0.2) is 38.2 Å². The lowest BCUT2D eigenvalue weighted by atomic mass is 9.89. The highest BCUT2D eigenvalue weighted by Crippen LogP contribution is 2.34. The quantitative estimate of drug-likeness (QED) is 0.410. The summed E-state index contributed by atoms with van der Waals surface area (Å²) < 4.78 is 0. The molecule has 1 aliphatic rings. The van der Waals surface area contributed by atoms with Crippen molar-refractivity contribution in [3.63, 3.8) is 0 Å². The van der Waals surface area contributed by atoms with Gasteiger partial charge >= 0.3 is 0 Å². The van der Waals surface area contributed by atoms with Crippen LogP contribution in [0.1, 0.15) is 24.3 Å². The van der Waals surface area contributed by atoms with E-state index in [1.54, 1.807) is 11.3 Å². The topological polar surface area (TPSA) is 82.3 Å². The van der Waals surface area contributed by atoms with E-state index >= 15 is 0 Å². The summed E-state index contributed by atoms with van der Waals surface area (Å²) in [6.45, 7) is 2.17. The molecule has 144 valence electrons. The van der Waals surface area contributed by atoms with Crippen molar-refractivity contribution in [1.29, 1.82) is 0 Å². The molecule has 3 N–H and O–H groups in total. The van der Waals surface area contributed by atoms with Crippen molar-refractivity contribution in [1.82, 2.24) is 30.5 Å². The van der Waals surface area contributed by atoms with Crippen molar-refractivity contribution >= 4 is 33.3 Å². The number of fused-ring (bicyclic) bond motifs is 2. The summed E-state index contributed by atoms with van der Waals surface area (Å²) in [6, 6.07) is 12.8. The van der Waals surface area contributed by atoms with Gasteiger partial charge < -0.3 is 10.3 Å². The molecule has 5 aromatic rings. The fourth-order valence-electron chi connectivity index (χ4n) is 4.26. The van der Waals surface area contributed by atoms with E-state index in [2.05, 4.69) is 55.1 Å². The zero-order chi connectivity index (χ0) is 19.2. The van der Waals surface area contributed by atoms with E-state index in [4.69, 9.17) is 4.98 Å². The molecule has 0 amide bonds. The normalized spacial score (nSPS) is 15.4. The van der Waals surface area contributed by atoms with Crippen LogP contribution in [0.15, 0.2) is 48.0 Å². The van der Waals surface area contributed by atoms with Crippen LogP contribution in [-0.2, 0) is 0 Å². The molecule has 0 saturated carbocycles. The molecule has 0 spiro atoms. The average Bonchev–Trinajstić information content (AvgIpc) is 3.52. The third-order valence-corrected chi connectivity index (χ3v) is 6.65. The van der Waals surface area contributed by atoms with E-state index in [9.17, 15) is 0 Å². The van der Waals surface area contributed by atoms with Crippen molar-refractivity contribution in [3.05, 3.63) is 53.5 Å². The maximum Gasteiger partial charge on any atom is 0.159 e. The molecule has 1 saturated heterocycles. The Morgan fingerprint density at radius 3 is 2.79 bits per heavy atom. The van der Waals surface area contributed by atoms with Crippen molar-refractivity contribution in [2.45, 2.75) is 18.8 Å². The number of nitrogens with zero attached hydrogens (tertiary/aromatic N) is 3. The smallest absolute Gasteiger partial charge is 0.159 e. The monoisotopic (exact) mass is 400 g/mol. The van der Waals surface area contributed by atoms with Crippen LogP contribution in [0.25, 0.3) is 44.0 Å². The molecule has 29 heavy (non-hydrogen) atoms. The second kappa shape index (κ2) is 6.79. The molecule has 0 bridgehead atoms. The molecule has 4 aromatic heterocycles. The van der Waals surface area contributed by atoms with Gasteiger partial charge in [0.05, 0.1) is 15.9 Å². The maximum absolute atomic E-state index is 4.90. The molecular formula is C22H20N6S. The third kappa shape index (κ3) is 2.85. The molecule has 0 unspecified atom stereocenters. The summed E-state index contributed by atoms with van der Waals surface area (Å²) in [5, 5.41) is 14.4. The van der Waals surface area contributed by atoms with Crippen molar-refractivity contribution in [2.24, 2.45) is 0 Å². The van der Waals surface area contributed by atoms with Crippen LogP contribution < -0.4 is 5.32 Å². The summed E-state index contributed by atoms with van der Waals surface area (Å²) in [5.74, 6) is 1.38. The number of thiophene rings is 1.